The average Bonchev–Trinajstić information content (AvgIpc) is 3.41. The highest BCUT2D eigenvalue weighted by Gasteiger charge is 2.19. The number of H-pyrrole nitrogens is 1. The standard InChI is InChI=1S/C21H22N6O2/c1-14-3-2-4-15(11-14)16-5-6-27(25-16)19-12-17(26-7-9-29-10-8-26)20-21(24-19)23-18(13-28)22-20/h2-6,11-12,28H,7-10,13H2,1H3,(H,22,23,24). The lowest BCUT2D eigenvalue weighted by atomic mass is 10.1. The van der Waals surface area contributed by atoms with E-state index >= 15 is 0 Å². The summed E-state index contributed by atoms with van der Waals surface area (Å²) < 4.78 is 7.27. The first-order valence-electron chi connectivity index (χ1n) is 9.67. The summed E-state index contributed by atoms with van der Waals surface area (Å²) in [5, 5.41) is 14.2. The number of pyridine rings is 1. The maximum Gasteiger partial charge on any atom is 0.162 e. The van der Waals surface area contributed by atoms with E-state index in [4.69, 9.17) is 14.8 Å². The van der Waals surface area contributed by atoms with E-state index in [1.807, 2.05) is 24.4 Å². The molecule has 0 aliphatic carbocycles. The normalized spacial score (nSPS) is 14.6. The smallest absolute Gasteiger partial charge is 0.162 e. The van der Waals surface area contributed by atoms with E-state index < -0.39 is 0 Å². The van der Waals surface area contributed by atoms with Crippen molar-refractivity contribution in [2.24, 2.45) is 0 Å². The van der Waals surface area contributed by atoms with Crippen LogP contribution >= 0.6 is 0 Å². The monoisotopic (exact) mass is 390 g/mol. The molecule has 8 heteroatoms. The number of aliphatic hydroxyl groups is 1. The number of ether oxygens (including phenoxy) is 1. The lowest BCUT2D eigenvalue weighted by Gasteiger charge is -2.29. The molecule has 0 amide bonds. The SMILES string of the molecule is Cc1cccc(-c2ccn(-c3cc(N4CCOCC4)c4nc(CO)[nH]c4n3)n2)c1. The molecule has 1 aliphatic rings. The van der Waals surface area contributed by atoms with E-state index in [1.165, 1.54) is 5.56 Å². The van der Waals surface area contributed by atoms with Gasteiger partial charge in [-0.15, -0.1) is 0 Å². The van der Waals surface area contributed by atoms with Gasteiger partial charge < -0.3 is 19.7 Å². The van der Waals surface area contributed by atoms with Crippen molar-refractivity contribution in [3.05, 3.63) is 54.0 Å². The number of aliphatic hydroxyl groups excluding tert-OH is 1. The summed E-state index contributed by atoms with van der Waals surface area (Å²) in [6.07, 6.45) is 1.91. The first-order chi connectivity index (χ1) is 14.2. The Labute approximate surface area is 167 Å². The Morgan fingerprint density at radius 1 is 1.14 bits per heavy atom. The number of imidazole rings is 1. The molecule has 1 saturated heterocycles. The molecule has 8 nitrogen and oxygen atoms in total. The van der Waals surface area contributed by atoms with Crippen LogP contribution in [0.2, 0.25) is 0 Å². The molecule has 4 heterocycles. The van der Waals surface area contributed by atoms with Crippen LogP contribution in [0, 0.1) is 6.92 Å². The average molecular weight is 390 g/mol. The van der Waals surface area contributed by atoms with Crippen LogP contribution in [0.3, 0.4) is 0 Å². The number of rotatable bonds is 4. The van der Waals surface area contributed by atoms with Crippen LogP contribution < -0.4 is 4.90 Å². The first kappa shape index (κ1) is 17.8. The Hall–Kier alpha value is -3.23. The van der Waals surface area contributed by atoms with Crippen LogP contribution in [0.4, 0.5) is 5.69 Å². The fraction of sp³-hybridized carbons (Fsp3) is 0.286. The topological polar surface area (TPSA) is 92.1 Å². The van der Waals surface area contributed by atoms with Crippen LogP contribution in [-0.4, -0.2) is 56.1 Å². The number of fused-ring (bicyclic) bond motifs is 1. The highest BCUT2D eigenvalue weighted by molar-refractivity contribution is 5.87. The van der Waals surface area contributed by atoms with Crippen molar-refractivity contribution in [1.82, 2.24) is 24.7 Å². The Morgan fingerprint density at radius 3 is 2.79 bits per heavy atom. The second kappa shape index (κ2) is 7.31. The molecule has 0 unspecified atom stereocenters. The summed E-state index contributed by atoms with van der Waals surface area (Å²) in [6.45, 7) is 4.83. The predicted octanol–water partition coefficient (Wildman–Crippen LogP) is 2.45. The van der Waals surface area contributed by atoms with Gasteiger partial charge in [0.1, 0.15) is 17.9 Å². The van der Waals surface area contributed by atoms with Gasteiger partial charge >= 0.3 is 0 Å². The quantitative estimate of drug-likeness (QED) is 0.556. The fourth-order valence-electron chi connectivity index (χ4n) is 3.66. The number of anilines is 1. The van der Waals surface area contributed by atoms with Crippen LogP contribution in [0.1, 0.15) is 11.4 Å². The molecule has 0 atom stereocenters. The van der Waals surface area contributed by atoms with E-state index in [1.54, 1.807) is 4.68 Å². The van der Waals surface area contributed by atoms with Gasteiger partial charge in [-0.25, -0.2) is 14.6 Å². The molecule has 1 aliphatic heterocycles. The first-order valence-corrected chi connectivity index (χ1v) is 9.67. The molecule has 2 N–H and O–H groups in total. The number of hydrogen-bond acceptors (Lipinski definition) is 6. The second-order valence-corrected chi connectivity index (χ2v) is 7.15. The molecule has 0 saturated carbocycles. The number of aromatic nitrogens is 5. The van der Waals surface area contributed by atoms with Crippen LogP contribution in [0.5, 0.6) is 0 Å². The largest absolute Gasteiger partial charge is 0.388 e. The summed E-state index contributed by atoms with van der Waals surface area (Å²) in [4.78, 5) is 14.6. The molecule has 5 rings (SSSR count). The van der Waals surface area contributed by atoms with E-state index in [2.05, 4.69) is 40.0 Å². The third-order valence-electron chi connectivity index (χ3n) is 5.11. The minimum atomic E-state index is -0.159. The number of aromatic amines is 1. The van der Waals surface area contributed by atoms with Crippen molar-refractivity contribution < 1.29 is 9.84 Å². The van der Waals surface area contributed by atoms with Crippen LogP contribution in [0.15, 0.2) is 42.6 Å². The summed E-state index contributed by atoms with van der Waals surface area (Å²) in [5.74, 6) is 1.20. The number of hydrogen-bond donors (Lipinski definition) is 2. The molecular formula is C21H22N6O2. The molecule has 1 aromatic carbocycles. The minimum absolute atomic E-state index is 0.159. The van der Waals surface area contributed by atoms with Crippen LogP contribution in [0.25, 0.3) is 28.2 Å². The molecule has 0 bridgehead atoms. The van der Waals surface area contributed by atoms with E-state index in [0.717, 1.165) is 35.6 Å². The van der Waals surface area contributed by atoms with Crippen molar-refractivity contribution >= 4 is 16.9 Å². The van der Waals surface area contributed by atoms with Gasteiger partial charge in [0.05, 0.1) is 24.6 Å². The zero-order valence-electron chi connectivity index (χ0n) is 16.2. The van der Waals surface area contributed by atoms with Crippen molar-refractivity contribution in [2.45, 2.75) is 13.5 Å². The number of nitrogens with one attached hydrogen (secondary N) is 1. The lowest BCUT2D eigenvalue weighted by molar-refractivity contribution is 0.123. The van der Waals surface area contributed by atoms with Crippen molar-refractivity contribution in [2.75, 3.05) is 31.2 Å². The van der Waals surface area contributed by atoms with Gasteiger partial charge in [0.15, 0.2) is 11.5 Å². The summed E-state index contributed by atoms with van der Waals surface area (Å²) >= 11 is 0. The molecule has 4 aromatic rings. The molecular weight excluding hydrogens is 368 g/mol. The number of morpholine rings is 1. The second-order valence-electron chi connectivity index (χ2n) is 7.15. The van der Waals surface area contributed by atoms with Gasteiger partial charge in [-0.1, -0.05) is 23.8 Å². The highest BCUT2D eigenvalue weighted by Crippen LogP contribution is 2.28. The Morgan fingerprint density at radius 2 is 2.00 bits per heavy atom. The van der Waals surface area contributed by atoms with Gasteiger partial charge in [0.25, 0.3) is 0 Å². The zero-order valence-corrected chi connectivity index (χ0v) is 16.2. The zero-order chi connectivity index (χ0) is 19.8. The molecule has 0 spiro atoms. The van der Waals surface area contributed by atoms with Gasteiger partial charge in [-0.3, -0.25) is 0 Å². The Balaban J connectivity index is 1.60. The van der Waals surface area contributed by atoms with E-state index in [0.29, 0.717) is 30.5 Å². The van der Waals surface area contributed by atoms with E-state index in [9.17, 15) is 5.11 Å². The maximum absolute atomic E-state index is 9.51. The maximum atomic E-state index is 9.51. The number of nitrogens with zero attached hydrogens (tertiary/aromatic N) is 5. The molecule has 0 radical (unpaired) electrons. The summed E-state index contributed by atoms with van der Waals surface area (Å²) in [5.41, 5.74) is 5.52. The third kappa shape index (κ3) is 3.37. The van der Waals surface area contributed by atoms with Crippen molar-refractivity contribution in [3.8, 4) is 17.1 Å². The number of aryl methyl sites for hydroxylation is 1. The Kier molecular flexibility index (Phi) is 4.49. The van der Waals surface area contributed by atoms with Crippen LogP contribution in [-0.2, 0) is 11.3 Å². The van der Waals surface area contributed by atoms with Gasteiger partial charge in [-0.05, 0) is 19.1 Å². The lowest BCUT2D eigenvalue weighted by Crippen LogP contribution is -2.36. The fourth-order valence-corrected chi connectivity index (χ4v) is 3.66. The summed E-state index contributed by atoms with van der Waals surface area (Å²) in [7, 11) is 0. The van der Waals surface area contributed by atoms with Gasteiger partial charge in [0.2, 0.25) is 0 Å². The predicted molar refractivity (Wildman–Crippen MR) is 110 cm³/mol. The van der Waals surface area contributed by atoms with Crippen molar-refractivity contribution in [1.29, 1.82) is 0 Å². The highest BCUT2D eigenvalue weighted by atomic mass is 16.5. The Bertz CT molecular complexity index is 1160. The minimum Gasteiger partial charge on any atom is -0.388 e. The van der Waals surface area contributed by atoms with Gasteiger partial charge in [0, 0.05) is 30.9 Å². The van der Waals surface area contributed by atoms with Gasteiger partial charge in [-0.2, -0.15) is 5.10 Å². The molecule has 148 valence electrons. The molecule has 3 aromatic heterocycles. The molecule has 29 heavy (non-hydrogen) atoms. The van der Waals surface area contributed by atoms with E-state index in [-0.39, 0.29) is 6.61 Å². The summed E-state index contributed by atoms with van der Waals surface area (Å²) in [6, 6.07) is 12.3. The van der Waals surface area contributed by atoms with Crippen molar-refractivity contribution in [3.63, 3.8) is 0 Å². The number of benzene rings is 1. The molecule has 1 fully saturated rings. The third-order valence-corrected chi connectivity index (χ3v) is 5.11.